The van der Waals surface area contributed by atoms with E-state index in [4.69, 9.17) is 0 Å². The van der Waals surface area contributed by atoms with Crippen molar-refractivity contribution in [1.82, 2.24) is 19.4 Å². The van der Waals surface area contributed by atoms with Crippen LogP contribution in [-0.2, 0) is 6.54 Å². The smallest absolute Gasteiger partial charge is 0.277 e. The van der Waals surface area contributed by atoms with E-state index in [2.05, 4.69) is 21.8 Å². The van der Waals surface area contributed by atoms with Gasteiger partial charge in [0.05, 0.1) is 11.8 Å². The van der Waals surface area contributed by atoms with E-state index in [1.807, 2.05) is 6.07 Å². The van der Waals surface area contributed by atoms with Gasteiger partial charge in [-0.2, -0.15) is 0 Å². The largest absolute Gasteiger partial charge is 0.355 e. The molecule has 1 aliphatic rings. The topological polar surface area (TPSA) is 53.9 Å². The van der Waals surface area contributed by atoms with Gasteiger partial charge in [0, 0.05) is 19.3 Å². The Morgan fingerprint density at radius 3 is 2.90 bits per heavy atom. The average molecular weight is 274 g/mol. The first-order valence-corrected chi connectivity index (χ1v) is 7.53. The summed E-state index contributed by atoms with van der Waals surface area (Å²) >= 11 is 0. The summed E-state index contributed by atoms with van der Waals surface area (Å²) in [5, 5.41) is 0. The van der Waals surface area contributed by atoms with Crippen molar-refractivity contribution in [3.63, 3.8) is 0 Å². The molecule has 1 saturated heterocycles. The van der Waals surface area contributed by atoms with Gasteiger partial charge in [-0.25, -0.2) is 4.98 Å². The van der Waals surface area contributed by atoms with Crippen LogP contribution in [0.3, 0.4) is 0 Å². The summed E-state index contributed by atoms with van der Waals surface area (Å²) in [6.45, 7) is 6.25. The molecular weight excluding hydrogens is 252 g/mol. The van der Waals surface area contributed by atoms with Gasteiger partial charge in [-0.15, -0.1) is 0 Å². The van der Waals surface area contributed by atoms with E-state index >= 15 is 0 Å². The summed E-state index contributed by atoms with van der Waals surface area (Å²) in [6, 6.07) is 1.83. The molecule has 0 aliphatic carbocycles. The Morgan fingerprint density at radius 2 is 2.15 bits per heavy atom. The standard InChI is InChI=1S/C15H22N4O/c1-2-12-4-7-18(8-5-12)9-10-19-11-17-13-3-6-16-14(13)15(19)20/h3,6,11-12,16H,2,4-5,7-10H2,1H3. The van der Waals surface area contributed by atoms with Gasteiger partial charge in [-0.1, -0.05) is 13.3 Å². The fourth-order valence-corrected chi connectivity index (χ4v) is 2.99. The molecular formula is C15H22N4O. The third-order valence-corrected chi connectivity index (χ3v) is 4.48. The molecule has 0 spiro atoms. The number of hydrogen-bond donors (Lipinski definition) is 1. The molecule has 108 valence electrons. The van der Waals surface area contributed by atoms with Crippen LogP contribution in [0.5, 0.6) is 0 Å². The summed E-state index contributed by atoms with van der Waals surface area (Å²) in [6.07, 6.45) is 7.30. The molecule has 0 radical (unpaired) electrons. The van der Waals surface area contributed by atoms with Crippen LogP contribution in [0.2, 0.25) is 0 Å². The number of aromatic amines is 1. The zero-order chi connectivity index (χ0) is 13.9. The lowest BCUT2D eigenvalue weighted by atomic mass is 9.94. The SMILES string of the molecule is CCC1CCN(CCn2cnc3cc[nH]c3c2=O)CC1. The van der Waals surface area contributed by atoms with Crippen LogP contribution in [-0.4, -0.2) is 39.1 Å². The predicted octanol–water partition coefficient (Wildman–Crippen LogP) is 1.85. The Labute approximate surface area is 118 Å². The van der Waals surface area contributed by atoms with Gasteiger partial charge in [0.2, 0.25) is 0 Å². The van der Waals surface area contributed by atoms with Gasteiger partial charge in [0.15, 0.2) is 0 Å². The monoisotopic (exact) mass is 274 g/mol. The minimum Gasteiger partial charge on any atom is -0.355 e. The molecule has 3 rings (SSSR count). The van der Waals surface area contributed by atoms with Gasteiger partial charge < -0.3 is 9.88 Å². The van der Waals surface area contributed by atoms with Crippen LogP contribution >= 0.6 is 0 Å². The number of rotatable bonds is 4. The summed E-state index contributed by atoms with van der Waals surface area (Å²) in [5.74, 6) is 0.894. The minimum absolute atomic E-state index is 0.0310. The van der Waals surface area contributed by atoms with Crippen molar-refractivity contribution in [2.75, 3.05) is 19.6 Å². The molecule has 1 N–H and O–H groups in total. The van der Waals surface area contributed by atoms with Gasteiger partial charge >= 0.3 is 0 Å². The average Bonchev–Trinajstić information content (AvgIpc) is 2.96. The number of fused-ring (bicyclic) bond motifs is 1. The molecule has 3 heterocycles. The summed E-state index contributed by atoms with van der Waals surface area (Å²) in [4.78, 5) is 22.0. The molecule has 0 bridgehead atoms. The molecule has 0 aromatic carbocycles. The van der Waals surface area contributed by atoms with E-state index in [1.165, 1.54) is 19.3 Å². The van der Waals surface area contributed by atoms with E-state index in [-0.39, 0.29) is 5.56 Å². The second-order valence-corrected chi connectivity index (χ2v) is 5.67. The maximum atomic E-state index is 12.2. The van der Waals surface area contributed by atoms with Crippen molar-refractivity contribution in [3.05, 3.63) is 28.9 Å². The second-order valence-electron chi connectivity index (χ2n) is 5.67. The first-order valence-electron chi connectivity index (χ1n) is 7.53. The molecule has 2 aromatic rings. The van der Waals surface area contributed by atoms with Crippen LogP contribution in [0.15, 0.2) is 23.4 Å². The van der Waals surface area contributed by atoms with Gasteiger partial charge in [0.1, 0.15) is 5.52 Å². The van der Waals surface area contributed by atoms with E-state index in [1.54, 1.807) is 17.1 Å². The van der Waals surface area contributed by atoms with Crippen LogP contribution < -0.4 is 5.56 Å². The summed E-state index contributed by atoms with van der Waals surface area (Å²) in [7, 11) is 0. The quantitative estimate of drug-likeness (QED) is 0.925. The molecule has 0 amide bonds. The molecule has 0 unspecified atom stereocenters. The zero-order valence-corrected chi connectivity index (χ0v) is 12.0. The van der Waals surface area contributed by atoms with Crippen molar-refractivity contribution in [3.8, 4) is 0 Å². The van der Waals surface area contributed by atoms with Crippen LogP contribution in [0, 0.1) is 5.92 Å². The number of H-pyrrole nitrogens is 1. The Hall–Kier alpha value is -1.62. The lowest BCUT2D eigenvalue weighted by Gasteiger charge is -2.31. The number of hydrogen-bond acceptors (Lipinski definition) is 3. The Kier molecular flexibility index (Phi) is 3.87. The van der Waals surface area contributed by atoms with Gasteiger partial charge in [-0.05, 0) is 37.9 Å². The fourth-order valence-electron chi connectivity index (χ4n) is 2.99. The number of likely N-dealkylation sites (tertiary alicyclic amines) is 1. The van der Waals surface area contributed by atoms with Gasteiger partial charge in [-0.3, -0.25) is 9.36 Å². The van der Waals surface area contributed by atoms with E-state index in [0.717, 1.165) is 37.6 Å². The highest BCUT2D eigenvalue weighted by Crippen LogP contribution is 2.19. The van der Waals surface area contributed by atoms with E-state index in [0.29, 0.717) is 5.52 Å². The number of piperidine rings is 1. The molecule has 2 aromatic heterocycles. The number of nitrogens with zero attached hydrogens (tertiary/aromatic N) is 3. The zero-order valence-electron chi connectivity index (χ0n) is 12.0. The molecule has 1 aliphatic heterocycles. The Balaban J connectivity index is 1.63. The third kappa shape index (κ3) is 2.63. The van der Waals surface area contributed by atoms with E-state index < -0.39 is 0 Å². The third-order valence-electron chi connectivity index (χ3n) is 4.48. The fraction of sp³-hybridized carbons (Fsp3) is 0.600. The minimum atomic E-state index is 0.0310. The van der Waals surface area contributed by atoms with E-state index in [9.17, 15) is 4.79 Å². The van der Waals surface area contributed by atoms with Crippen LogP contribution in [0.1, 0.15) is 26.2 Å². The lowest BCUT2D eigenvalue weighted by Crippen LogP contribution is -2.37. The van der Waals surface area contributed by atoms with Crippen molar-refractivity contribution in [1.29, 1.82) is 0 Å². The first-order chi connectivity index (χ1) is 9.78. The normalized spacial score (nSPS) is 17.9. The highest BCUT2D eigenvalue weighted by molar-refractivity contribution is 5.73. The molecule has 5 nitrogen and oxygen atoms in total. The second kappa shape index (κ2) is 5.79. The molecule has 1 fully saturated rings. The van der Waals surface area contributed by atoms with Crippen molar-refractivity contribution in [2.45, 2.75) is 32.7 Å². The molecule has 20 heavy (non-hydrogen) atoms. The lowest BCUT2D eigenvalue weighted by molar-refractivity contribution is 0.176. The van der Waals surface area contributed by atoms with Gasteiger partial charge in [0.25, 0.3) is 5.56 Å². The Bertz CT molecular complexity index is 622. The van der Waals surface area contributed by atoms with Crippen LogP contribution in [0.25, 0.3) is 11.0 Å². The molecule has 0 saturated carbocycles. The molecule has 5 heteroatoms. The summed E-state index contributed by atoms with van der Waals surface area (Å²) < 4.78 is 1.71. The van der Waals surface area contributed by atoms with Crippen molar-refractivity contribution in [2.24, 2.45) is 5.92 Å². The highest BCUT2D eigenvalue weighted by Gasteiger charge is 2.17. The number of aromatic nitrogens is 3. The predicted molar refractivity (Wildman–Crippen MR) is 79.8 cm³/mol. The van der Waals surface area contributed by atoms with Crippen molar-refractivity contribution < 1.29 is 0 Å². The maximum Gasteiger partial charge on any atom is 0.277 e. The summed E-state index contributed by atoms with van der Waals surface area (Å²) in [5.41, 5.74) is 1.38. The first kappa shape index (κ1) is 13.4. The van der Waals surface area contributed by atoms with Crippen LogP contribution in [0.4, 0.5) is 0 Å². The maximum absolute atomic E-state index is 12.2. The molecule has 0 atom stereocenters. The van der Waals surface area contributed by atoms with Crippen molar-refractivity contribution >= 4 is 11.0 Å². The number of nitrogens with one attached hydrogen (secondary N) is 1. The highest BCUT2D eigenvalue weighted by atomic mass is 16.1. The Morgan fingerprint density at radius 1 is 1.35 bits per heavy atom.